The SMILES string of the molecule is COC(=O)[C@H](C[C@@H]1Oc2ccccc2NC1=O)NC(=O)OC(C)(C)C. The van der Waals surface area contributed by atoms with E-state index in [-0.39, 0.29) is 6.42 Å². The number of amides is 2. The molecule has 1 aliphatic heterocycles. The molecule has 25 heavy (non-hydrogen) atoms. The van der Waals surface area contributed by atoms with Crippen LogP contribution in [-0.2, 0) is 19.1 Å². The van der Waals surface area contributed by atoms with Crippen LogP contribution in [0.3, 0.4) is 0 Å². The standard InChI is InChI=1S/C17H22N2O6/c1-17(2,3)25-16(22)19-11(15(21)23-4)9-13-14(20)18-10-7-5-6-8-12(10)24-13/h5-8,11,13H,9H2,1-4H3,(H,18,20)(H,19,22)/t11-,13-/m0/s1. The lowest BCUT2D eigenvalue weighted by molar-refractivity contribution is -0.144. The van der Waals surface area contributed by atoms with Gasteiger partial charge in [-0.3, -0.25) is 4.79 Å². The van der Waals surface area contributed by atoms with E-state index < -0.39 is 35.7 Å². The van der Waals surface area contributed by atoms with Gasteiger partial charge in [-0.2, -0.15) is 0 Å². The summed E-state index contributed by atoms with van der Waals surface area (Å²) in [5.74, 6) is -0.604. The van der Waals surface area contributed by atoms with Gasteiger partial charge in [-0.25, -0.2) is 9.59 Å². The zero-order chi connectivity index (χ0) is 18.6. The van der Waals surface area contributed by atoms with Crippen molar-refractivity contribution in [1.29, 1.82) is 0 Å². The van der Waals surface area contributed by atoms with Crippen molar-refractivity contribution in [2.75, 3.05) is 12.4 Å². The minimum absolute atomic E-state index is 0.0912. The average molecular weight is 350 g/mol. The molecule has 0 saturated carbocycles. The van der Waals surface area contributed by atoms with Crippen molar-refractivity contribution >= 4 is 23.7 Å². The molecule has 0 fully saturated rings. The quantitative estimate of drug-likeness (QED) is 0.803. The van der Waals surface area contributed by atoms with E-state index in [0.29, 0.717) is 11.4 Å². The number of carbonyl (C=O) groups is 3. The van der Waals surface area contributed by atoms with Crippen LogP contribution < -0.4 is 15.4 Å². The normalized spacial score (nSPS) is 17.4. The fourth-order valence-corrected chi connectivity index (χ4v) is 2.27. The Balaban J connectivity index is 2.08. The summed E-state index contributed by atoms with van der Waals surface area (Å²) < 4.78 is 15.5. The van der Waals surface area contributed by atoms with Crippen LogP contribution in [0.5, 0.6) is 5.75 Å². The Bertz CT molecular complexity index is 667. The van der Waals surface area contributed by atoms with Crippen molar-refractivity contribution in [3.63, 3.8) is 0 Å². The van der Waals surface area contributed by atoms with E-state index in [9.17, 15) is 14.4 Å². The van der Waals surface area contributed by atoms with Crippen LogP contribution in [0.15, 0.2) is 24.3 Å². The van der Waals surface area contributed by atoms with Crippen LogP contribution in [-0.4, -0.2) is 42.8 Å². The average Bonchev–Trinajstić information content (AvgIpc) is 2.52. The van der Waals surface area contributed by atoms with Crippen molar-refractivity contribution < 1.29 is 28.6 Å². The number of nitrogens with one attached hydrogen (secondary N) is 2. The monoisotopic (exact) mass is 350 g/mol. The lowest BCUT2D eigenvalue weighted by atomic mass is 10.1. The molecule has 8 heteroatoms. The van der Waals surface area contributed by atoms with Gasteiger partial charge in [0.15, 0.2) is 6.10 Å². The number of ether oxygens (including phenoxy) is 3. The van der Waals surface area contributed by atoms with E-state index in [4.69, 9.17) is 14.2 Å². The molecule has 0 bridgehead atoms. The third-order valence-electron chi connectivity index (χ3n) is 3.33. The highest BCUT2D eigenvalue weighted by atomic mass is 16.6. The molecule has 2 amide bonds. The van der Waals surface area contributed by atoms with E-state index in [1.54, 1.807) is 45.0 Å². The number of anilines is 1. The molecule has 1 heterocycles. The smallest absolute Gasteiger partial charge is 0.408 e. The van der Waals surface area contributed by atoms with Crippen molar-refractivity contribution in [2.45, 2.75) is 44.9 Å². The number of fused-ring (bicyclic) bond motifs is 1. The van der Waals surface area contributed by atoms with Crippen molar-refractivity contribution in [2.24, 2.45) is 0 Å². The van der Waals surface area contributed by atoms with E-state index in [0.717, 1.165) is 0 Å². The minimum Gasteiger partial charge on any atom is -0.478 e. The number of hydrogen-bond acceptors (Lipinski definition) is 6. The van der Waals surface area contributed by atoms with Crippen LogP contribution in [0.1, 0.15) is 27.2 Å². The highest BCUT2D eigenvalue weighted by Gasteiger charge is 2.34. The predicted octanol–water partition coefficient (Wildman–Crippen LogP) is 1.84. The molecule has 0 saturated heterocycles. The van der Waals surface area contributed by atoms with Gasteiger partial charge in [0.25, 0.3) is 5.91 Å². The molecular weight excluding hydrogens is 328 g/mol. The van der Waals surface area contributed by atoms with Crippen LogP contribution in [0.4, 0.5) is 10.5 Å². The molecule has 2 atom stereocenters. The maximum absolute atomic E-state index is 12.2. The van der Waals surface area contributed by atoms with Gasteiger partial charge in [-0.05, 0) is 32.9 Å². The summed E-state index contributed by atoms with van der Waals surface area (Å²) in [5, 5.41) is 5.12. The molecule has 1 aliphatic rings. The van der Waals surface area contributed by atoms with Gasteiger partial charge < -0.3 is 24.8 Å². The van der Waals surface area contributed by atoms with E-state index in [2.05, 4.69) is 10.6 Å². The second-order valence-corrected chi connectivity index (χ2v) is 6.55. The summed E-state index contributed by atoms with van der Waals surface area (Å²) in [7, 11) is 1.20. The fourth-order valence-electron chi connectivity index (χ4n) is 2.27. The largest absolute Gasteiger partial charge is 0.478 e. The minimum atomic E-state index is -1.08. The van der Waals surface area contributed by atoms with Crippen LogP contribution in [0.2, 0.25) is 0 Å². The molecular formula is C17H22N2O6. The predicted molar refractivity (Wildman–Crippen MR) is 89.3 cm³/mol. The van der Waals surface area contributed by atoms with Gasteiger partial charge >= 0.3 is 12.1 Å². The summed E-state index contributed by atoms with van der Waals surface area (Å²) in [5.41, 5.74) is -0.166. The van der Waals surface area contributed by atoms with Crippen LogP contribution in [0, 0.1) is 0 Å². The number of carbonyl (C=O) groups excluding carboxylic acids is 3. The first-order chi connectivity index (χ1) is 11.7. The van der Waals surface area contributed by atoms with Gasteiger partial charge in [0.05, 0.1) is 12.8 Å². The topological polar surface area (TPSA) is 103 Å². The number of esters is 1. The number of benzene rings is 1. The third kappa shape index (κ3) is 5.10. The van der Waals surface area contributed by atoms with Gasteiger partial charge in [-0.1, -0.05) is 12.1 Å². The molecule has 0 aromatic heterocycles. The van der Waals surface area contributed by atoms with Crippen molar-refractivity contribution in [3.05, 3.63) is 24.3 Å². The molecule has 2 N–H and O–H groups in total. The molecule has 0 radical (unpaired) electrons. The van der Waals surface area contributed by atoms with E-state index >= 15 is 0 Å². The molecule has 0 aliphatic carbocycles. The summed E-state index contributed by atoms with van der Waals surface area (Å²) in [4.78, 5) is 36.1. The first kappa shape index (κ1) is 18.6. The molecule has 1 aromatic carbocycles. The summed E-state index contributed by atoms with van der Waals surface area (Å²) >= 11 is 0. The van der Waals surface area contributed by atoms with E-state index in [1.165, 1.54) is 7.11 Å². The molecule has 136 valence electrons. The summed E-state index contributed by atoms with van der Waals surface area (Å²) in [6.45, 7) is 5.11. The maximum Gasteiger partial charge on any atom is 0.408 e. The Kier molecular flexibility index (Phi) is 5.51. The van der Waals surface area contributed by atoms with Gasteiger partial charge in [0.1, 0.15) is 17.4 Å². The zero-order valence-corrected chi connectivity index (χ0v) is 14.6. The second-order valence-electron chi connectivity index (χ2n) is 6.55. The number of hydrogen-bond donors (Lipinski definition) is 2. The molecule has 1 aromatic rings. The Hall–Kier alpha value is -2.77. The molecule has 8 nitrogen and oxygen atoms in total. The lowest BCUT2D eigenvalue weighted by Crippen LogP contribution is -2.49. The second kappa shape index (κ2) is 7.42. The molecule has 0 unspecified atom stereocenters. The lowest BCUT2D eigenvalue weighted by Gasteiger charge is -2.28. The third-order valence-corrected chi connectivity index (χ3v) is 3.33. The van der Waals surface area contributed by atoms with E-state index in [1.807, 2.05) is 0 Å². The number of rotatable bonds is 4. The van der Waals surface area contributed by atoms with Crippen LogP contribution in [0.25, 0.3) is 0 Å². The fraction of sp³-hybridized carbons (Fsp3) is 0.471. The Labute approximate surface area is 145 Å². The highest BCUT2D eigenvalue weighted by Crippen LogP contribution is 2.30. The van der Waals surface area contributed by atoms with Gasteiger partial charge in [0.2, 0.25) is 0 Å². The first-order valence-electron chi connectivity index (χ1n) is 7.83. The van der Waals surface area contributed by atoms with Crippen LogP contribution >= 0.6 is 0 Å². The Morgan fingerprint density at radius 3 is 2.64 bits per heavy atom. The summed E-state index contributed by atoms with van der Waals surface area (Å²) in [6.07, 6.45) is -1.82. The zero-order valence-electron chi connectivity index (χ0n) is 14.6. The molecule has 2 rings (SSSR count). The summed E-state index contributed by atoms with van der Waals surface area (Å²) in [6, 6.07) is 5.87. The highest BCUT2D eigenvalue weighted by molar-refractivity contribution is 5.98. The van der Waals surface area contributed by atoms with Gasteiger partial charge in [0, 0.05) is 6.42 Å². The number of para-hydroxylation sites is 2. The van der Waals surface area contributed by atoms with Crippen molar-refractivity contribution in [3.8, 4) is 5.75 Å². The van der Waals surface area contributed by atoms with Crippen molar-refractivity contribution in [1.82, 2.24) is 5.32 Å². The number of methoxy groups -OCH3 is 1. The Morgan fingerprint density at radius 2 is 2.00 bits per heavy atom. The van der Waals surface area contributed by atoms with Gasteiger partial charge in [-0.15, -0.1) is 0 Å². The Morgan fingerprint density at radius 1 is 1.32 bits per heavy atom. The maximum atomic E-state index is 12.2. The molecule has 0 spiro atoms. The first-order valence-corrected chi connectivity index (χ1v) is 7.83. The number of alkyl carbamates (subject to hydrolysis) is 1.